The molecule has 0 bridgehead atoms. The van der Waals surface area contributed by atoms with Gasteiger partial charge in [0.15, 0.2) is 11.6 Å². The number of halogens is 1. The van der Waals surface area contributed by atoms with Crippen molar-refractivity contribution in [3.63, 3.8) is 0 Å². The monoisotopic (exact) mass is 375 g/mol. The van der Waals surface area contributed by atoms with Gasteiger partial charge in [-0.3, -0.25) is 4.79 Å². The number of ether oxygens (including phenoxy) is 1. The maximum absolute atomic E-state index is 14.2. The van der Waals surface area contributed by atoms with Crippen LogP contribution in [0.5, 0.6) is 5.75 Å². The zero-order valence-electron chi connectivity index (χ0n) is 15.2. The van der Waals surface area contributed by atoms with Gasteiger partial charge in [-0.2, -0.15) is 0 Å². The second-order valence-electron chi connectivity index (χ2n) is 6.27. The fourth-order valence-corrected chi connectivity index (χ4v) is 3.19. The average Bonchev–Trinajstić information content (AvgIpc) is 3.09. The van der Waals surface area contributed by atoms with Crippen LogP contribution in [0.2, 0.25) is 0 Å². The third-order valence-electron chi connectivity index (χ3n) is 4.55. The predicted octanol–water partition coefficient (Wildman–Crippen LogP) is 4.48. The normalized spacial score (nSPS) is 10.8. The Labute approximate surface area is 161 Å². The number of nitrogens with zero attached hydrogens (tertiary/aromatic N) is 2. The molecule has 4 rings (SSSR count). The quantitative estimate of drug-likeness (QED) is 0.559. The minimum absolute atomic E-state index is 0.238. The molecule has 1 amide bonds. The number of hydrogen-bond donors (Lipinski definition) is 1. The molecule has 2 aromatic carbocycles. The summed E-state index contributed by atoms with van der Waals surface area (Å²) in [5.41, 5.74) is 1.77. The number of aromatic nitrogens is 2. The smallest absolute Gasteiger partial charge is 0.273 e. The first kappa shape index (κ1) is 17.7. The van der Waals surface area contributed by atoms with Crippen molar-refractivity contribution in [2.75, 3.05) is 12.4 Å². The number of para-hydroxylation sites is 1. The van der Waals surface area contributed by atoms with Crippen LogP contribution in [0, 0.1) is 5.82 Å². The van der Waals surface area contributed by atoms with Gasteiger partial charge < -0.3 is 14.6 Å². The Balaban J connectivity index is 1.76. The van der Waals surface area contributed by atoms with E-state index in [2.05, 4.69) is 10.3 Å². The summed E-state index contributed by atoms with van der Waals surface area (Å²) in [6.45, 7) is 0.238. The van der Waals surface area contributed by atoms with Crippen LogP contribution in [0.15, 0.2) is 72.9 Å². The first-order chi connectivity index (χ1) is 13.7. The van der Waals surface area contributed by atoms with E-state index in [-0.39, 0.29) is 18.3 Å². The average molecular weight is 375 g/mol. The fraction of sp³-hybridized carbons (Fsp3) is 0.0909. The summed E-state index contributed by atoms with van der Waals surface area (Å²) in [4.78, 5) is 17.2. The fourth-order valence-electron chi connectivity index (χ4n) is 3.19. The van der Waals surface area contributed by atoms with Gasteiger partial charge in [-0.15, -0.1) is 0 Å². The molecule has 0 aliphatic heterocycles. The summed E-state index contributed by atoms with van der Waals surface area (Å²) < 4.78 is 21.3. The van der Waals surface area contributed by atoms with Gasteiger partial charge >= 0.3 is 0 Å². The largest absolute Gasteiger partial charge is 0.493 e. The van der Waals surface area contributed by atoms with Crippen molar-refractivity contribution >= 4 is 22.6 Å². The molecule has 1 N–H and O–H groups in total. The van der Waals surface area contributed by atoms with E-state index >= 15 is 0 Å². The summed E-state index contributed by atoms with van der Waals surface area (Å²) in [5, 5.41) is 3.69. The summed E-state index contributed by atoms with van der Waals surface area (Å²) in [7, 11) is 1.52. The van der Waals surface area contributed by atoms with E-state index < -0.39 is 0 Å². The molecule has 0 aliphatic rings. The number of carbonyl (C=O) groups is 1. The Morgan fingerprint density at radius 1 is 1.11 bits per heavy atom. The highest BCUT2D eigenvalue weighted by atomic mass is 19.1. The Bertz CT molecular complexity index is 1150. The lowest BCUT2D eigenvalue weighted by atomic mass is 10.2. The molecule has 6 heteroatoms. The van der Waals surface area contributed by atoms with Crippen molar-refractivity contribution in [3.05, 3.63) is 90.0 Å². The molecule has 0 fully saturated rings. The molecule has 0 saturated carbocycles. The van der Waals surface area contributed by atoms with Crippen molar-refractivity contribution < 1.29 is 13.9 Å². The zero-order valence-corrected chi connectivity index (χ0v) is 15.2. The molecule has 0 aliphatic carbocycles. The zero-order chi connectivity index (χ0) is 19.5. The summed E-state index contributed by atoms with van der Waals surface area (Å²) in [6.07, 6.45) is 1.58. The van der Waals surface area contributed by atoms with E-state index in [0.717, 1.165) is 10.9 Å². The lowest BCUT2D eigenvalue weighted by molar-refractivity contribution is 0.101. The molecule has 2 aromatic heterocycles. The number of fused-ring (bicyclic) bond motifs is 1. The second kappa shape index (κ2) is 7.52. The maximum atomic E-state index is 14.2. The summed E-state index contributed by atoms with van der Waals surface area (Å²) >= 11 is 0. The van der Waals surface area contributed by atoms with Crippen LogP contribution in [0.25, 0.3) is 10.9 Å². The van der Waals surface area contributed by atoms with Gasteiger partial charge in [-0.25, -0.2) is 9.37 Å². The molecule has 4 aromatic rings. The van der Waals surface area contributed by atoms with E-state index in [0.29, 0.717) is 22.8 Å². The number of benzene rings is 2. The summed E-state index contributed by atoms with van der Waals surface area (Å²) in [6, 6.07) is 19.4. The number of hydrogen-bond acceptors (Lipinski definition) is 3. The third-order valence-corrected chi connectivity index (χ3v) is 4.55. The van der Waals surface area contributed by atoms with E-state index in [4.69, 9.17) is 4.74 Å². The van der Waals surface area contributed by atoms with Crippen LogP contribution < -0.4 is 10.1 Å². The van der Waals surface area contributed by atoms with Gasteiger partial charge in [0.25, 0.3) is 5.91 Å². The number of carbonyl (C=O) groups excluding carboxylic acids is 1. The number of amides is 1. The van der Waals surface area contributed by atoms with Crippen LogP contribution in [-0.2, 0) is 6.54 Å². The molecule has 2 heterocycles. The maximum Gasteiger partial charge on any atom is 0.273 e. The molecule has 0 saturated heterocycles. The van der Waals surface area contributed by atoms with E-state index in [1.54, 1.807) is 47.2 Å². The van der Waals surface area contributed by atoms with Crippen molar-refractivity contribution in [1.82, 2.24) is 9.55 Å². The molecule has 5 nitrogen and oxygen atoms in total. The predicted molar refractivity (Wildman–Crippen MR) is 106 cm³/mol. The van der Waals surface area contributed by atoms with Gasteiger partial charge in [0.2, 0.25) is 0 Å². The number of anilines is 1. The lowest BCUT2D eigenvalue weighted by Gasteiger charge is -2.13. The Morgan fingerprint density at radius 2 is 1.89 bits per heavy atom. The highest BCUT2D eigenvalue weighted by molar-refractivity contribution is 6.06. The van der Waals surface area contributed by atoms with Gasteiger partial charge in [0, 0.05) is 22.7 Å². The van der Waals surface area contributed by atoms with Crippen molar-refractivity contribution in [2.24, 2.45) is 0 Å². The molecule has 0 atom stereocenters. The van der Waals surface area contributed by atoms with Gasteiger partial charge in [-0.05, 0) is 30.3 Å². The Morgan fingerprint density at radius 3 is 2.71 bits per heavy atom. The van der Waals surface area contributed by atoms with Crippen molar-refractivity contribution in [2.45, 2.75) is 6.54 Å². The SMILES string of the molecule is COc1cccnc1NC(=O)c1cc2ccccc2n1Cc1ccccc1F. The third kappa shape index (κ3) is 3.32. The Kier molecular flexibility index (Phi) is 4.76. The highest BCUT2D eigenvalue weighted by Gasteiger charge is 2.18. The van der Waals surface area contributed by atoms with E-state index in [9.17, 15) is 9.18 Å². The van der Waals surface area contributed by atoms with Crippen LogP contribution in [0.3, 0.4) is 0 Å². The highest BCUT2D eigenvalue weighted by Crippen LogP contribution is 2.25. The molecule has 0 radical (unpaired) electrons. The molecule has 140 valence electrons. The van der Waals surface area contributed by atoms with Crippen LogP contribution in [-0.4, -0.2) is 22.6 Å². The number of methoxy groups -OCH3 is 1. The van der Waals surface area contributed by atoms with Gasteiger partial charge in [-0.1, -0.05) is 36.4 Å². The first-order valence-corrected chi connectivity index (χ1v) is 8.79. The standard InChI is InChI=1S/C22H18FN3O2/c1-28-20-11-6-12-24-21(20)25-22(27)19-13-15-7-3-5-10-18(15)26(19)14-16-8-2-4-9-17(16)23/h2-13H,14H2,1H3,(H,24,25,27). The molecule has 0 spiro atoms. The summed E-state index contributed by atoms with van der Waals surface area (Å²) in [5.74, 6) is 0.146. The number of nitrogens with one attached hydrogen (secondary N) is 1. The van der Waals surface area contributed by atoms with Gasteiger partial charge in [0.1, 0.15) is 11.5 Å². The van der Waals surface area contributed by atoms with Crippen LogP contribution >= 0.6 is 0 Å². The van der Waals surface area contributed by atoms with Crippen molar-refractivity contribution in [1.29, 1.82) is 0 Å². The van der Waals surface area contributed by atoms with E-state index in [1.807, 2.05) is 24.3 Å². The lowest BCUT2D eigenvalue weighted by Crippen LogP contribution is -2.18. The van der Waals surface area contributed by atoms with E-state index in [1.165, 1.54) is 13.2 Å². The first-order valence-electron chi connectivity index (χ1n) is 8.79. The molecule has 0 unspecified atom stereocenters. The molecule has 28 heavy (non-hydrogen) atoms. The number of rotatable bonds is 5. The topological polar surface area (TPSA) is 56.1 Å². The van der Waals surface area contributed by atoms with Gasteiger partial charge in [0.05, 0.1) is 13.7 Å². The van der Waals surface area contributed by atoms with Crippen molar-refractivity contribution in [3.8, 4) is 5.75 Å². The molecular formula is C22H18FN3O2. The second-order valence-corrected chi connectivity index (χ2v) is 6.27. The van der Waals surface area contributed by atoms with Crippen LogP contribution in [0.1, 0.15) is 16.1 Å². The molecular weight excluding hydrogens is 357 g/mol. The Hall–Kier alpha value is -3.67. The number of pyridine rings is 1. The minimum Gasteiger partial charge on any atom is -0.493 e. The minimum atomic E-state index is -0.343. The van der Waals surface area contributed by atoms with Crippen LogP contribution in [0.4, 0.5) is 10.2 Å².